The minimum absolute atomic E-state index is 0.632. The Morgan fingerprint density at radius 3 is 2.94 bits per heavy atom. The van der Waals surface area contributed by atoms with Crippen LogP contribution in [0, 0.1) is 6.92 Å². The van der Waals surface area contributed by atoms with Gasteiger partial charge in [-0.3, -0.25) is 4.98 Å². The van der Waals surface area contributed by atoms with Crippen LogP contribution in [0.4, 0.5) is 0 Å². The summed E-state index contributed by atoms with van der Waals surface area (Å²) in [6.07, 6.45) is 4.47. The van der Waals surface area contributed by atoms with E-state index in [4.69, 9.17) is 16.3 Å². The summed E-state index contributed by atoms with van der Waals surface area (Å²) in [7, 11) is 0. The van der Waals surface area contributed by atoms with E-state index in [0.29, 0.717) is 11.6 Å². The lowest BCUT2D eigenvalue weighted by atomic mass is 10.2. The molecule has 1 aromatic carbocycles. The second-order valence-corrected chi connectivity index (χ2v) is 4.31. The molecule has 17 heavy (non-hydrogen) atoms. The smallest absolute Gasteiger partial charge is 0.123 e. The molecule has 88 valence electrons. The Hall–Kier alpha value is -1.54. The van der Waals surface area contributed by atoms with Gasteiger partial charge in [0.25, 0.3) is 0 Å². The molecule has 0 saturated carbocycles. The summed E-state index contributed by atoms with van der Waals surface area (Å²) in [6, 6.07) is 9.65. The van der Waals surface area contributed by atoms with Gasteiger partial charge in [-0.25, -0.2) is 0 Å². The zero-order valence-electron chi connectivity index (χ0n) is 9.69. The maximum absolute atomic E-state index is 5.92. The summed E-state index contributed by atoms with van der Waals surface area (Å²) in [5, 5.41) is 0.701. The molecule has 0 spiro atoms. The summed E-state index contributed by atoms with van der Waals surface area (Å²) in [6.45, 7) is 2.64. The lowest BCUT2D eigenvalue weighted by molar-refractivity contribution is 0.319. The predicted molar refractivity (Wildman–Crippen MR) is 69.6 cm³/mol. The molecule has 0 aliphatic heterocycles. The van der Waals surface area contributed by atoms with Gasteiger partial charge in [-0.15, -0.1) is 0 Å². The highest BCUT2D eigenvalue weighted by molar-refractivity contribution is 6.30. The van der Waals surface area contributed by atoms with E-state index < -0.39 is 0 Å². The Kier molecular flexibility index (Phi) is 3.99. The molecule has 2 aromatic rings. The third-order valence-electron chi connectivity index (χ3n) is 2.52. The molecule has 1 aromatic heterocycles. The molecular formula is C14H14ClNO. The maximum Gasteiger partial charge on any atom is 0.123 e. The van der Waals surface area contributed by atoms with Crippen LogP contribution < -0.4 is 4.74 Å². The second-order valence-electron chi connectivity index (χ2n) is 3.87. The average molecular weight is 248 g/mol. The van der Waals surface area contributed by atoms with Crippen LogP contribution in [-0.4, -0.2) is 11.6 Å². The molecule has 3 heteroatoms. The van der Waals surface area contributed by atoms with Crippen LogP contribution in [0.3, 0.4) is 0 Å². The number of ether oxygens (including phenoxy) is 1. The molecule has 0 atom stereocenters. The number of hydrogen-bond donors (Lipinski definition) is 0. The van der Waals surface area contributed by atoms with Crippen molar-refractivity contribution in [1.29, 1.82) is 0 Å². The molecule has 0 radical (unpaired) electrons. The highest BCUT2D eigenvalue weighted by Gasteiger charge is 2.00. The number of rotatable bonds is 4. The number of benzene rings is 1. The Morgan fingerprint density at radius 2 is 2.18 bits per heavy atom. The van der Waals surface area contributed by atoms with Crippen LogP contribution >= 0.6 is 11.6 Å². The molecule has 0 unspecified atom stereocenters. The van der Waals surface area contributed by atoms with Gasteiger partial charge < -0.3 is 4.74 Å². The normalized spacial score (nSPS) is 10.2. The van der Waals surface area contributed by atoms with Crippen molar-refractivity contribution in [1.82, 2.24) is 4.98 Å². The third-order valence-corrected chi connectivity index (χ3v) is 2.76. The van der Waals surface area contributed by atoms with Crippen molar-refractivity contribution in [2.75, 3.05) is 6.61 Å². The van der Waals surface area contributed by atoms with Crippen molar-refractivity contribution in [3.05, 3.63) is 58.9 Å². The molecule has 2 nitrogen and oxygen atoms in total. The molecule has 0 N–H and O–H groups in total. The molecule has 0 saturated heterocycles. The molecule has 0 aliphatic carbocycles. The lowest BCUT2D eigenvalue weighted by Gasteiger charge is -2.09. The molecule has 0 bridgehead atoms. The van der Waals surface area contributed by atoms with Crippen molar-refractivity contribution >= 4 is 11.6 Å². The van der Waals surface area contributed by atoms with Gasteiger partial charge in [0.05, 0.1) is 6.61 Å². The van der Waals surface area contributed by atoms with Crippen LogP contribution in [0.25, 0.3) is 0 Å². The van der Waals surface area contributed by atoms with Crippen molar-refractivity contribution in [2.24, 2.45) is 0 Å². The molecule has 1 heterocycles. The Bertz CT molecular complexity index is 485. The first kappa shape index (κ1) is 11.9. The van der Waals surface area contributed by atoms with E-state index in [2.05, 4.69) is 4.98 Å². The lowest BCUT2D eigenvalue weighted by Crippen LogP contribution is -2.02. The largest absolute Gasteiger partial charge is 0.493 e. The fourth-order valence-corrected chi connectivity index (χ4v) is 1.72. The Balaban J connectivity index is 1.92. The minimum atomic E-state index is 0.632. The monoisotopic (exact) mass is 247 g/mol. The van der Waals surface area contributed by atoms with Crippen molar-refractivity contribution in [3.63, 3.8) is 0 Å². The molecule has 0 fully saturated rings. The van der Waals surface area contributed by atoms with Crippen LogP contribution in [0.5, 0.6) is 5.75 Å². The van der Waals surface area contributed by atoms with Gasteiger partial charge in [0, 0.05) is 23.8 Å². The van der Waals surface area contributed by atoms with Gasteiger partial charge in [0.2, 0.25) is 0 Å². The number of nitrogens with zero attached hydrogens (tertiary/aromatic N) is 1. The van der Waals surface area contributed by atoms with E-state index in [1.54, 1.807) is 6.20 Å². The number of aromatic nitrogens is 1. The van der Waals surface area contributed by atoms with Gasteiger partial charge in [0.15, 0.2) is 0 Å². The van der Waals surface area contributed by atoms with Crippen LogP contribution in [-0.2, 0) is 6.42 Å². The summed E-state index contributed by atoms with van der Waals surface area (Å²) in [5.74, 6) is 0.849. The van der Waals surface area contributed by atoms with E-state index >= 15 is 0 Å². The molecule has 2 rings (SSSR count). The molecular weight excluding hydrogens is 234 g/mol. The Labute approximate surface area is 106 Å². The van der Waals surface area contributed by atoms with Gasteiger partial charge in [-0.1, -0.05) is 23.7 Å². The number of halogens is 1. The number of pyridine rings is 1. The van der Waals surface area contributed by atoms with Gasteiger partial charge in [-0.2, -0.15) is 0 Å². The topological polar surface area (TPSA) is 22.1 Å². The summed E-state index contributed by atoms with van der Waals surface area (Å²) in [5.41, 5.74) is 2.27. The summed E-state index contributed by atoms with van der Waals surface area (Å²) < 4.78 is 5.71. The fourth-order valence-electron chi connectivity index (χ4n) is 1.55. The SMILES string of the molecule is Cc1ccc(Cl)cc1OCCc1cccnc1. The van der Waals surface area contributed by atoms with Crippen molar-refractivity contribution in [2.45, 2.75) is 13.3 Å². The standard InChI is InChI=1S/C14H14ClNO/c1-11-4-5-13(15)9-14(11)17-8-6-12-3-2-7-16-10-12/h2-5,7,9-10H,6,8H2,1H3. The zero-order chi connectivity index (χ0) is 12.1. The first-order valence-electron chi connectivity index (χ1n) is 5.53. The van der Waals surface area contributed by atoms with E-state index in [-0.39, 0.29) is 0 Å². The van der Waals surface area contributed by atoms with Crippen LogP contribution in [0.2, 0.25) is 5.02 Å². The minimum Gasteiger partial charge on any atom is -0.493 e. The molecule has 0 amide bonds. The summed E-state index contributed by atoms with van der Waals surface area (Å²) in [4.78, 5) is 4.07. The molecule has 0 aliphatic rings. The predicted octanol–water partition coefficient (Wildman–Crippen LogP) is 3.66. The Morgan fingerprint density at radius 1 is 1.29 bits per heavy atom. The highest BCUT2D eigenvalue weighted by Crippen LogP contribution is 2.22. The van der Waals surface area contributed by atoms with Gasteiger partial charge >= 0.3 is 0 Å². The first-order chi connectivity index (χ1) is 8.25. The van der Waals surface area contributed by atoms with E-state index in [1.165, 1.54) is 5.56 Å². The maximum atomic E-state index is 5.92. The van der Waals surface area contributed by atoms with Gasteiger partial charge in [-0.05, 0) is 36.2 Å². The second kappa shape index (κ2) is 5.69. The highest BCUT2D eigenvalue weighted by atomic mass is 35.5. The third kappa shape index (κ3) is 3.46. The first-order valence-corrected chi connectivity index (χ1v) is 5.91. The van der Waals surface area contributed by atoms with Crippen molar-refractivity contribution in [3.8, 4) is 5.75 Å². The van der Waals surface area contributed by atoms with Crippen LogP contribution in [0.1, 0.15) is 11.1 Å². The number of aryl methyl sites for hydroxylation is 1. The van der Waals surface area contributed by atoms with E-state index in [1.807, 2.05) is 43.5 Å². The van der Waals surface area contributed by atoms with Crippen LogP contribution in [0.15, 0.2) is 42.7 Å². The average Bonchev–Trinajstić information content (AvgIpc) is 2.35. The summed E-state index contributed by atoms with van der Waals surface area (Å²) >= 11 is 5.92. The number of hydrogen-bond acceptors (Lipinski definition) is 2. The zero-order valence-corrected chi connectivity index (χ0v) is 10.4. The van der Waals surface area contributed by atoms with Gasteiger partial charge in [0.1, 0.15) is 5.75 Å². The quantitative estimate of drug-likeness (QED) is 0.823. The fraction of sp³-hybridized carbons (Fsp3) is 0.214. The van der Waals surface area contributed by atoms with E-state index in [0.717, 1.165) is 17.7 Å². The van der Waals surface area contributed by atoms with E-state index in [9.17, 15) is 0 Å². The van der Waals surface area contributed by atoms with Crippen molar-refractivity contribution < 1.29 is 4.74 Å².